The molecule has 0 radical (unpaired) electrons. The van der Waals surface area contributed by atoms with Gasteiger partial charge < -0.3 is 10.3 Å². The minimum atomic E-state index is -0.679. The van der Waals surface area contributed by atoms with Crippen molar-refractivity contribution < 1.29 is 4.79 Å². The van der Waals surface area contributed by atoms with E-state index in [2.05, 4.69) is 22.5 Å². The second kappa shape index (κ2) is 5.12. The predicted molar refractivity (Wildman–Crippen MR) is 66.2 cm³/mol. The van der Waals surface area contributed by atoms with Gasteiger partial charge in [0.15, 0.2) is 0 Å². The maximum absolute atomic E-state index is 11.7. The third kappa shape index (κ3) is 2.61. The molecular weight excluding hydrogens is 272 g/mol. The fourth-order valence-electron chi connectivity index (χ4n) is 1.38. The van der Waals surface area contributed by atoms with Gasteiger partial charge in [-0.15, -0.1) is 6.58 Å². The summed E-state index contributed by atoms with van der Waals surface area (Å²) in [5.74, 6) is -0.544. The molecule has 5 heteroatoms. The highest BCUT2D eigenvalue weighted by Gasteiger charge is 2.17. The van der Waals surface area contributed by atoms with E-state index >= 15 is 0 Å². The first-order valence-electron chi connectivity index (χ1n) is 4.76. The molecule has 1 amide bonds. The van der Waals surface area contributed by atoms with E-state index in [1.165, 1.54) is 10.6 Å². The number of halogens is 1. The van der Waals surface area contributed by atoms with Crippen LogP contribution in [0, 0.1) is 6.92 Å². The SMILES string of the molecule is C=CC[C@@H](C(N)=O)n1cc(Br)c(C)cc1=O. The van der Waals surface area contributed by atoms with E-state index in [-0.39, 0.29) is 5.56 Å². The van der Waals surface area contributed by atoms with Gasteiger partial charge in [0, 0.05) is 16.7 Å². The Morgan fingerprint density at radius 2 is 2.38 bits per heavy atom. The third-order valence-electron chi connectivity index (χ3n) is 2.28. The van der Waals surface area contributed by atoms with E-state index in [9.17, 15) is 9.59 Å². The van der Waals surface area contributed by atoms with E-state index in [1.54, 1.807) is 12.3 Å². The summed E-state index contributed by atoms with van der Waals surface area (Å²) in [4.78, 5) is 23.0. The summed E-state index contributed by atoms with van der Waals surface area (Å²) in [7, 11) is 0. The number of nitrogens with two attached hydrogens (primary N) is 1. The van der Waals surface area contributed by atoms with Crippen molar-refractivity contribution in [2.75, 3.05) is 0 Å². The van der Waals surface area contributed by atoms with Crippen LogP contribution in [0.2, 0.25) is 0 Å². The Balaban J connectivity index is 3.29. The molecule has 0 aromatic carbocycles. The van der Waals surface area contributed by atoms with Crippen LogP contribution >= 0.6 is 15.9 Å². The second-order valence-electron chi connectivity index (χ2n) is 3.49. The first-order valence-corrected chi connectivity index (χ1v) is 5.55. The zero-order valence-electron chi connectivity index (χ0n) is 8.94. The Kier molecular flexibility index (Phi) is 4.06. The molecule has 0 unspecified atom stereocenters. The molecule has 0 aliphatic heterocycles. The summed E-state index contributed by atoms with van der Waals surface area (Å²) < 4.78 is 2.09. The third-order valence-corrected chi connectivity index (χ3v) is 3.11. The summed E-state index contributed by atoms with van der Waals surface area (Å²) >= 11 is 3.31. The van der Waals surface area contributed by atoms with Crippen molar-refractivity contribution in [2.45, 2.75) is 19.4 Å². The molecule has 16 heavy (non-hydrogen) atoms. The molecule has 0 saturated heterocycles. The number of amides is 1. The number of aryl methyl sites for hydroxylation is 1. The lowest BCUT2D eigenvalue weighted by atomic mass is 10.2. The summed E-state index contributed by atoms with van der Waals surface area (Å²) in [6.45, 7) is 5.35. The molecule has 0 saturated carbocycles. The Labute approximate surface area is 102 Å². The molecule has 0 aliphatic rings. The van der Waals surface area contributed by atoms with Crippen molar-refractivity contribution in [1.82, 2.24) is 4.57 Å². The minimum absolute atomic E-state index is 0.244. The maximum Gasteiger partial charge on any atom is 0.251 e. The van der Waals surface area contributed by atoms with E-state index in [1.807, 2.05) is 6.92 Å². The summed E-state index contributed by atoms with van der Waals surface area (Å²) in [6, 6.07) is 0.783. The fourth-order valence-corrected chi connectivity index (χ4v) is 1.72. The van der Waals surface area contributed by atoms with E-state index in [4.69, 9.17) is 5.73 Å². The van der Waals surface area contributed by atoms with Crippen LogP contribution in [0.15, 0.2) is 34.2 Å². The molecule has 0 fully saturated rings. The molecule has 86 valence electrons. The maximum atomic E-state index is 11.7. The molecule has 1 atom stereocenters. The number of carbonyl (C=O) groups excluding carboxylic acids is 1. The molecule has 1 aromatic heterocycles. The van der Waals surface area contributed by atoms with Gasteiger partial charge in [-0.3, -0.25) is 9.59 Å². The smallest absolute Gasteiger partial charge is 0.251 e. The zero-order chi connectivity index (χ0) is 12.3. The number of hydrogen-bond donors (Lipinski definition) is 1. The number of allylic oxidation sites excluding steroid dienone is 1. The standard InChI is InChI=1S/C11H13BrN2O2/c1-3-4-9(11(13)16)14-6-8(12)7(2)5-10(14)15/h3,5-6,9H,1,4H2,2H3,(H2,13,16)/t9-/m0/s1. The van der Waals surface area contributed by atoms with Gasteiger partial charge in [0.25, 0.3) is 5.56 Å². The molecule has 0 bridgehead atoms. The monoisotopic (exact) mass is 284 g/mol. The van der Waals surface area contributed by atoms with Crippen molar-refractivity contribution in [1.29, 1.82) is 0 Å². The van der Waals surface area contributed by atoms with Gasteiger partial charge in [0.2, 0.25) is 5.91 Å². The van der Waals surface area contributed by atoms with Crippen LogP contribution in [0.4, 0.5) is 0 Å². The van der Waals surface area contributed by atoms with Crippen molar-refractivity contribution in [3.8, 4) is 0 Å². The van der Waals surface area contributed by atoms with Crippen LogP contribution in [-0.2, 0) is 4.79 Å². The molecule has 1 rings (SSSR count). The molecular formula is C11H13BrN2O2. The van der Waals surface area contributed by atoms with E-state index in [0.29, 0.717) is 6.42 Å². The Bertz CT molecular complexity index is 479. The van der Waals surface area contributed by atoms with Gasteiger partial charge in [-0.2, -0.15) is 0 Å². The Morgan fingerprint density at radius 3 is 2.88 bits per heavy atom. The van der Waals surface area contributed by atoms with Crippen molar-refractivity contribution >= 4 is 21.8 Å². The average molecular weight is 285 g/mol. The van der Waals surface area contributed by atoms with Gasteiger partial charge in [0.1, 0.15) is 6.04 Å². The first-order chi connectivity index (χ1) is 7.47. The number of aromatic nitrogens is 1. The lowest BCUT2D eigenvalue weighted by molar-refractivity contribution is -0.121. The van der Waals surface area contributed by atoms with Crippen molar-refractivity contribution in [3.63, 3.8) is 0 Å². The number of pyridine rings is 1. The summed E-state index contributed by atoms with van der Waals surface area (Å²) in [5, 5.41) is 0. The largest absolute Gasteiger partial charge is 0.368 e. The lowest BCUT2D eigenvalue weighted by Gasteiger charge is -2.15. The highest BCUT2D eigenvalue weighted by Crippen LogP contribution is 2.16. The Morgan fingerprint density at radius 1 is 1.75 bits per heavy atom. The molecule has 4 nitrogen and oxygen atoms in total. The van der Waals surface area contributed by atoms with Gasteiger partial charge in [-0.25, -0.2) is 0 Å². The molecule has 1 heterocycles. The number of primary amides is 1. The van der Waals surface area contributed by atoms with Gasteiger partial charge in [0.05, 0.1) is 0 Å². The molecule has 1 aromatic rings. The van der Waals surface area contributed by atoms with Crippen molar-refractivity contribution in [3.05, 3.63) is 45.3 Å². The number of rotatable bonds is 4. The topological polar surface area (TPSA) is 65.1 Å². The molecule has 0 aliphatic carbocycles. The van der Waals surface area contributed by atoms with Gasteiger partial charge >= 0.3 is 0 Å². The number of hydrogen-bond acceptors (Lipinski definition) is 2. The highest BCUT2D eigenvalue weighted by molar-refractivity contribution is 9.10. The first kappa shape index (κ1) is 12.7. The fraction of sp³-hybridized carbons (Fsp3) is 0.273. The minimum Gasteiger partial charge on any atom is -0.368 e. The quantitative estimate of drug-likeness (QED) is 0.852. The second-order valence-corrected chi connectivity index (χ2v) is 4.35. The van der Waals surface area contributed by atoms with E-state index in [0.717, 1.165) is 10.0 Å². The van der Waals surface area contributed by atoms with Crippen molar-refractivity contribution in [2.24, 2.45) is 5.73 Å². The van der Waals surface area contributed by atoms with Crippen LogP contribution in [0.25, 0.3) is 0 Å². The molecule has 0 spiro atoms. The lowest BCUT2D eigenvalue weighted by Crippen LogP contribution is -2.33. The van der Waals surface area contributed by atoms with Crippen LogP contribution < -0.4 is 11.3 Å². The van der Waals surface area contributed by atoms with Crippen LogP contribution in [0.3, 0.4) is 0 Å². The zero-order valence-corrected chi connectivity index (χ0v) is 10.5. The van der Waals surface area contributed by atoms with Crippen LogP contribution in [-0.4, -0.2) is 10.5 Å². The highest BCUT2D eigenvalue weighted by atomic mass is 79.9. The van der Waals surface area contributed by atoms with Crippen LogP contribution in [0.5, 0.6) is 0 Å². The normalized spacial score (nSPS) is 12.1. The van der Waals surface area contributed by atoms with Crippen LogP contribution in [0.1, 0.15) is 18.0 Å². The van der Waals surface area contributed by atoms with E-state index < -0.39 is 11.9 Å². The number of nitrogens with zero attached hydrogens (tertiary/aromatic N) is 1. The summed E-state index contributed by atoms with van der Waals surface area (Å²) in [5.41, 5.74) is 5.83. The Hall–Kier alpha value is -1.36. The average Bonchev–Trinajstić information content (AvgIpc) is 2.20. The predicted octanol–water partition coefficient (Wildman–Crippen LogP) is 1.52. The number of carbonyl (C=O) groups is 1. The van der Waals surface area contributed by atoms with Gasteiger partial charge in [-0.05, 0) is 34.8 Å². The molecule has 2 N–H and O–H groups in total. The van der Waals surface area contributed by atoms with Gasteiger partial charge in [-0.1, -0.05) is 6.08 Å². The summed E-state index contributed by atoms with van der Waals surface area (Å²) in [6.07, 6.45) is 3.48.